The van der Waals surface area contributed by atoms with Crippen LogP contribution in [-0.2, 0) is 5.41 Å². The molecule has 0 bridgehead atoms. The van der Waals surface area contributed by atoms with Crippen molar-refractivity contribution >= 4 is 27.8 Å². The molecular formula is C60H43N. The minimum atomic E-state index is -0.323. The minimum absolute atomic E-state index is 0.323. The van der Waals surface area contributed by atoms with Gasteiger partial charge in [-0.3, -0.25) is 0 Å². The van der Waals surface area contributed by atoms with Crippen molar-refractivity contribution in [3.05, 3.63) is 259 Å². The van der Waals surface area contributed by atoms with Gasteiger partial charge in [-0.1, -0.05) is 218 Å². The highest BCUT2D eigenvalue weighted by Crippen LogP contribution is 2.57. The lowest BCUT2D eigenvalue weighted by Gasteiger charge is -2.31. The van der Waals surface area contributed by atoms with Crippen LogP contribution in [0.5, 0.6) is 0 Å². The van der Waals surface area contributed by atoms with Gasteiger partial charge < -0.3 is 4.90 Å². The maximum Gasteiger partial charge on any atom is 0.0543 e. The fraction of sp³-hybridized carbons (Fsp3) is 0.0333. The number of benzene rings is 10. The Balaban J connectivity index is 1.10. The average molecular weight is 778 g/mol. The maximum absolute atomic E-state index is 2.49. The summed E-state index contributed by atoms with van der Waals surface area (Å²) >= 11 is 0. The number of rotatable bonds is 8. The van der Waals surface area contributed by atoms with E-state index in [2.05, 4.69) is 254 Å². The van der Waals surface area contributed by atoms with Gasteiger partial charge in [-0.15, -0.1) is 0 Å². The summed E-state index contributed by atoms with van der Waals surface area (Å²) < 4.78 is 0. The van der Waals surface area contributed by atoms with E-state index in [1.54, 1.807) is 0 Å². The molecule has 11 rings (SSSR count). The first-order valence-corrected chi connectivity index (χ1v) is 21.2. The number of anilines is 3. The van der Waals surface area contributed by atoms with Crippen LogP contribution in [0.3, 0.4) is 0 Å². The molecule has 0 saturated carbocycles. The zero-order valence-electron chi connectivity index (χ0n) is 34.0. The minimum Gasteiger partial charge on any atom is -0.309 e. The molecule has 0 radical (unpaired) electrons. The quantitative estimate of drug-likeness (QED) is 0.149. The van der Waals surface area contributed by atoms with Crippen molar-refractivity contribution < 1.29 is 0 Å². The Morgan fingerprint density at radius 3 is 1.51 bits per heavy atom. The topological polar surface area (TPSA) is 3.24 Å². The van der Waals surface area contributed by atoms with Crippen LogP contribution in [0.15, 0.2) is 243 Å². The number of hydrogen-bond donors (Lipinski definition) is 0. The first-order chi connectivity index (χ1) is 30.2. The van der Waals surface area contributed by atoms with Gasteiger partial charge in [0.1, 0.15) is 0 Å². The van der Waals surface area contributed by atoms with Crippen molar-refractivity contribution in [2.45, 2.75) is 12.3 Å². The van der Waals surface area contributed by atoms with Gasteiger partial charge in [-0.05, 0) is 103 Å². The third-order valence-electron chi connectivity index (χ3n) is 12.8. The van der Waals surface area contributed by atoms with Crippen molar-refractivity contribution in [1.82, 2.24) is 0 Å². The zero-order valence-corrected chi connectivity index (χ0v) is 34.0. The molecule has 1 nitrogen and oxygen atoms in total. The highest BCUT2D eigenvalue weighted by Gasteiger charge is 2.42. The highest BCUT2D eigenvalue weighted by atomic mass is 15.1. The second-order valence-electron chi connectivity index (χ2n) is 16.2. The summed E-state index contributed by atoms with van der Waals surface area (Å²) in [4.78, 5) is 2.49. The van der Waals surface area contributed by atoms with Gasteiger partial charge in [-0.2, -0.15) is 0 Å². The Bertz CT molecular complexity index is 3180. The van der Waals surface area contributed by atoms with E-state index >= 15 is 0 Å². The van der Waals surface area contributed by atoms with Crippen LogP contribution < -0.4 is 4.90 Å². The SMILES string of the molecule is CC1(c2ccccc2)c2ccccc2-c2c(N(c3ccc(-c4ccccc4-c4ccccc4)cc3)c3ccccc3-c3ccc(-c4cccc5ccccc45)cc3)cccc21. The summed E-state index contributed by atoms with van der Waals surface area (Å²) in [6, 6.07) is 88.7. The number of hydrogen-bond acceptors (Lipinski definition) is 1. The van der Waals surface area contributed by atoms with Crippen LogP contribution in [0, 0.1) is 0 Å². The first kappa shape index (κ1) is 36.3. The van der Waals surface area contributed by atoms with Gasteiger partial charge in [-0.25, -0.2) is 0 Å². The smallest absolute Gasteiger partial charge is 0.0543 e. The normalized spacial score (nSPS) is 14.0. The van der Waals surface area contributed by atoms with Gasteiger partial charge in [0.2, 0.25) is 0 Å². The summed E-state index contributed by atoms with van der Waals surface area (Å²) in [7, 11) is 0. The van der Waals surface area contributed by atoms with Gasteiger partial charge in [0.15, 0.2) is 0 Å². The summed E-state index contributed by atoms with van der Waals surface area (Å²) in [5.41, 5.74) is 19.1. The monoisotopic (exact) mass is 777 g/mol. The molecule has 0 aromatic heterocycles. The van der Waals surface area contributed by atoms with Crippen LogP contribution in [-0.4, -0.2) is 0 Å². The van der Waals surface area contributed by atoms with Gasteiger partial charge in [0.05, 0.1) is 11.4 Å². The fourth-order valence-electron chi connectivity index (χ4n) is 9.81. The van der Waals surface area contributed by atoms with E-state index in [0.717, 1.165) is 17.1 Å². The molecule has 0 aliphatic heterocycles. The van der Waals surface area contributed by atoms with Crippen LogP contribution in [0.1, 0.15) is 23.6 Å². The van der Waals surface area contributed by atoms with Crippen molar-refractivity contribution in [3.8, 4) is 55.6 Å². The molecule has 0 spiro atoms. The molecule has 1 aliphatic rings. The van der Waals surface area contributed by atoms with Gasteiger partial charge in [0, 0.05) is 22.2 Å². The molecule has 1 atom stereocenters. The average Bonchev–Trinajstić information content (AvgIpc) is 3.61. The lowest BCUT2D eigenvalue weighted by Crippen LogP contribution is -2.22. The molecule has 0 saturated heterocycles. The third kappa shape index (κ3) is 6.17. The second-order valence-corrected chi connectivity index (χ2v) is 16.2. The molecule has 10 aromatic rings. The predicted molar refractivity (Wildman–Crippen MR) is 258 cm³/mol. The Morgan fingerprint density at radius 1 is 0.311 bits per heavy atom. The molecule has 1 heteroatoms. The molecule has 0 heterocycles. The van der Waals surface area contributed by atoms with Crippen LogP contribution >= 0.6 is 0 Å². The van der Waals surface area contributed by atoms with Crippen LogP contribution in [0.2, 0.25) is 0 Å². The van der Waals surface area contributed by atoms with E-state index in [9.17, 15) is 0 Å². The van der Waals surface area contributed by atoms with E-state index in [1.807, 2.05) is 0 Å². The van der Waals surface area contributed by atoms with Crippen molar-refractivity contribution in [3.63, 3.8) is 0 Å². The fourth-order valence-corrected chi connectivity index (χ4v) is 9.81. The van der Waals surface area contributed by atoms with Gasteiger partial charge >= 0.3 is 0 Å². The molecular weight excluding hydrogens is 735 g/mol. The van der Waals surface area contributed by atoms with Crippen molar-refractivity contribution in [2.24, 2.45) is 0 Å². The number of para-hydroxylation sites is 1. The van der Waals surface area contributed by atoms with Crippen molar-refractivity contribution in [2.75, 3.05) is 4.90 Å². The lowest BCUT2D eigenvalue weighted by molar-refractivity contribution is 0.714. The molecule has 10 aromatic carbocycles. The van der Waals surface area contributed by atoms with Crippen LogP contribution in [0.25, 0.3) is 66.4 Å². The summed E-state index contributed by atoms with van der Waals surface area (Å²) in [5.74, 6) is 0. The zero-order chi connectivity index (χ0) is 40.8. The summed E-state index contributed by atoms with van der Waals surface area (Å²) in [5, 5.41) is 2.51. The molecule has 1 unspecified atom stereocenters. The highest BCUT2D eigenvalue weighted by molar-refractivity contribution is 6.00. The largest absolute Gasteiger partial charge is 0.309 e. The van der Waals surface area contributed by atoms with E-state index in [-0.39, 0.29) is 5.41 Å². The van der Waals surface area contributed by atoms with E-state index in [1.165, 1.54) is 83.1 Å². The Kier molecular flexibility index (Phi) is 9.02. The Hall–Kier alpha value is -7.74. The lowest BCUT2D eigenvalue weighted by atomic mass is 9.74. The number of fused-ring (bicyclic) bond motifs is 4. The molecule has 0 N–H and O–H groups in total. The Labute approximate surface area is 358 Å². The summed E-state index contributed by atoms with van der Waals surface area (Å²) in [6.07, 6.45) is 0. The molecule has 1 aliphatic carbocycles. The first-order valence-electron chi connectivity index (χ1n) is 21.2. The van der Waals surface area contributed by atoms with Gasteiger partial charge in [0.25, 0.3) is 0 Å². The second kappa shape index (κ2) is 15.1. The predicted octanol–water partition coefficient (Wildman–Crippen LogP) is 16.3. The van der Waals surface area contributed by atoms with Crippen LogP contribution in [0.4, 0.5) is 17.1 Å². The van der Waals surface area contributed by atoms with Crippen molar-refractivity contribution in [1.29, 1.82) is 0 Å². The molecule has 61 heavy (non-hydrogen) atoms. The van der Waals surface area contributed by atoms with E-state index < -0.39 is 0 Å². The third-order valence-corrected chi connectivity index (χ3v) is 12.8. The number of nitrogens with zero attached hydrogens (tertiary/aromatic N) is 1. The Morgan fingerprint density at radius 2 is 0.770 bits per heavy atom. The molecule has 0 amide bonds. The molecule has 0 fully saturated rings. The summed E-state index contributed by atoms with van der Waals surface area (Å²) in [6.45, 7) is 2.39. The molecule has 288 valence electrons. The van der Waals surface area contributed by atoms with E-state index in [0.29, 0.717) is 0 Å². The maximum atomic E-state index is 2.49. The standard InChI is InChI=1S/C60H43N/c1-60(47-22-6-3-7-23-47)55-30-14-12-28-54(55)59-56(60)31-17-33-58(59)61(48-40-38-45(39-41-48)51-26-11-10-25-49(51)42-18-4-2-5-19-42)57-32-15-13-27-53(57)46-36-34-44(35-37-46)52-29-16-21-43-20-8-9-24-50(43)52/h2-41H,1H3. The van der Waals surface area contributed by atoms with E-state index in [4.69, 9.17) is 0 Å².